The molecule has 4 nitrogen and oxygen atoms in total. The van der Waals surface area contributed by atoms with Crippen molar-refractivity contribution < 1.29 is 23.8 Å². The molecule has 0 bridgehead atoms. The standard InChI is InChI=1S/C10H17F2NO3/c11-10(12,9(15)16)8(14)7(13)6-4-2-1-3-5-6/h6-8,14H,1-5,13H2,(H,15,16). The fraction of sp³-hybridized carbons (Fsp3) is 0.900. The van der Waals surface area contributed by atoms with Crippen LogP contribution >= 0.6 is 0 Å². The Labute approximate surface area is 92.4 Å². The van der Waals surface area contributed by atoms with Crippen LogP contribution in [0.4, 0.5) is 8.78 Å². The van der Waals surface area contributed by atoms with E-state index in [1.165, 1.54) is 0 Å². The number of carboxylic acid groups (broad SMARTS) is 1. The fourth-order valence-electron chi connectivity index (χ4n) is 2.15. The highest BCUT2D eigenvalue weighted by atomic mass is 19.3. The first-order valence-corrected chi connectivity index (χ1v) is 5.42. The van der Waals surface area contributed by atoms with Crippen molar-refractivity contribution in [2.75, 3.05) is 0 Å². The second kappa shape index (κ2) is 5.05. The molecule has 1 rings (SSSR count). The van der Waals surface area contributed by atoms with Crippen LogP contribution in [0, 0.1) is 5.92 Å². The molecule has 0 aliphatic heterocycles. The van der Waals surface area contributed by atoms with E-state index in [-0.39, 0.29) is 5.92 Å². The first-order chi connectivity index (χ1) is 7.37. The molecule has 0 radical (unpaired) electrons. The summed E-state index contributed by atoms with van der Waals surface area (Å²) in [6, 6.07) is -1.17. The maximum Gasteiger partial charge on any atom is 0.377 e. The average Bonchev–Trinajstić information content (AvgIpc) is 2.28. The third-order valence-corrected chi connectivity index (χ3v) is 3.22. The Hall–Kier alpha value is -0.750. The van der Waals surface area contributed by atoms with E-state index in [0.717, 1.165) is 19.3 Å². The summed E-state index contributed by atoms with van der Waals surface area (Å²) in [7, 11) is 0. The Morgan fingerprint density at radius 2 is 1.81 bits per heavy atom. The van der Waals surface area contributed by atoms with Crippen LogP contribution in [-0.2, 0) is 4.79 Å². The van der Waals surface area contributed by atoms with Gasteiger partial charge in [-0.05, 0) is 18.8 Å². The second-order valence-electron chi connectivity index (χ2n) is 4.35. The predicted octanol–water partition coefficient (Wildman–Crippen LogP) is 0.975. The van der Waals surface area contributed by atoms with Crippen LogP contribution in [0.2, 0.25) is 0 Å². The first-order valence-electron chi connectivity index (χ1n) is 5.42. The minimum Gasteiger partial charge on any atom is -0.477 e. The lowest BCUT2D eigenvalue weighted by Crippen LogP contribution is -2.54. The topological polar surface area (TPSA) is 83.5 Å². The van der Waals surface area contributed by atoms with Gasteiger partial charge in [0, 0.05) is 6.04 Å². The van der Waals surface area contributed by atoms with Crippen LogP contribution in [0.3, 0.4) is 0 Å². The summed E-state index contributed by atoms with van der Waals surface area (Å²) in [5.41, 5.74) is 5.52. The van der Waals surface area contributed by atoms with E-state index >= 15 is 0 Å². The van der Waals surface area contributed by atoms with Crippen LogP contribution in [0.25, 0.3) is 0 Å². The normalized spacial score (nSPS) is 22.8. The fourth-order valence-corrected chi connectivity index (χ4v) is 2.15. The summed E-state index contributed by atoms with van der Waals surface area (Å²) in [6.45, 7) is 0. The zero-order valence-corrected chi connectivity index (χ0v) is 8.90. The van der Waals surface area contributed by atoms with Crippen molar-refractivity contribution in [2.45, 2.75) is 50.2 Å². The molecule has 0 amide bonds. The largest absolute Gasteiger partial charge is 0.477 e. The van der Waals surface area contributed by atoms with Crippen molar-refractivity contribution in [1.29, 1.82) is 0 Å². The van der Waals surface area contributed by atoms with Crippen molar-refractivity contribution in [2.24, 2.45) is 11.7 Å². The Morgan fingerprint density at radius 3 is 2.25 bits per heavy atom. The van der Waals surface area contributed by atoms with Crippen LogP contribution in [0.1, 0.15) is 32.1 Å². The van der Waals surface area contributed by atoms with Crippen LogP contribution in [-0.4, -0.2) is 34.3 Å². The van der Waals surface area contributed by atoms with E-state index in [1.54, 1.807) is 0 Å². The Bertz CT molecular complexity index is 254. The zero-order chi connectivity index (χ0) is 12.3. The van der Waals surface area contributed by atoms with Crippen LogP contribution in [0.15, 0.2) is 0 Å². The summed E-state index contributed by atoms with van der Waals surface area (Å²) < 4.78 is 26.0. The molecule has 0 saturated heterocycles. The number of aliphatic hydroxyl groups is 1. The van der Waals surface area contributed by atoms with Gasteiger partial charge in [0.15, 0.2) is 0 Å². The van der Waals surface area contributed by atoms with Crippen molar-refractivity contribution in [3.8, 4) is 0 Å². The van der Waals surface area contributed by atoms with Crippen LogP contribution < -0.4 is 5.73 Å². The molecule has 0 aromatic heterocycles. The summed E-state index contributed by atoms with van der Waals surface area (Å²) in [6.07, 6.45) is 1.86. The Morgan fingerprint density at radius 1 is 1.31 bits per heavy atom. The molecular formula is C10H17F2NO3. The van der Waals surface area contributed by atoms with Gasteiger partial charge in [-0.15, -0.1) is 0 Å². The van der Waals surface area contributed by atoms with Gasteiger partial charge >= 0.3 is 11.9 Å². The summed E-state index contributed by atoms with van der Waals surface area (Å²) >= 11 is 0. The molecule has 1 fully saturated rings. The second-order valence-corrected chi connectivity index (χ2v) is 4.35. The molecular weight excluding hydrogens is 220 g/mol. The smallest absolute Gasteiger partial charge is 0.377 e. The minimum absolute atomic E-state index is 0.214. The SMILES string of the molecule is NC(C1CCCCC1)C(O)C(F)(F)C(=O)O. The molecule has 2 unspecified atom stereocenters. The van der Waals surface area contributed by atoms with Crippen molar-refractivity contribution in [3.05, 3.63) is 0 Å². The lowest BCUT2D eigenvalue weighted by atomic mass is 9.81. The Balaban J connectivity index is 2.64. The van der Waals surface area contributed by atoms with Gasteiger partial charge in [-0.2, -0.15) is 8.78 Å². The quantitative estimate of drug-likeness (QED) is 0.680. The predicted molar refractivity (Wildman–Crippen MR) is 53.1 cm³/mol. The molecule has 0 spiro atoms. The van der Waals surface area contributed by atoms with Crippen molar-refractivity contribution in [1.82, 2.24) is 0 Å². The molecule has 4 N–H and O–H groups in total. The minimum atomic E-state index is -4.17. The molecule has 0 aromatic rings. The number of alkyl halides is 2. The molecule has 1 saturated carbocycles. The van der Waals surface area contributed by atoms with E-state index in [1.807, 2.05) is 0 Å². The van der Waals surface area contributed by atoms with E-state index in [9.17, 15) is 18.7 Å². The number of halogens is 2. The van der Waals surface area contributed by atoms with Gasteiger partial charge < -0.3 is 15.9 Å². The number of hydrogen-bond acceptors (Lipinski definition) is 3. The van der Waals surface area contributed by atoms with Gasteiger partial charge in [0.05, 0.1) is 0 Å². The van der Waals surface area contributed by atoms with Gasteiger partial charge in [-0.3, -0.25) is 0 Å². The van der Waals surface area contributed by atoms with E-state index in [4.69, 9.17) is 10.8 Å². The summed E-state index contributed by atoms with van der Waals surface area (Å²) in [4.78, 5) is 10.3. The van der Waals surface area contributed by atoms with Gasteiger partial charge in [0.2, 0.25) is 0 Å². The van der Waals surface area contributed by atoms with Gasteiger partial charge in [-0.25, -0.2) is 4.79 Å². The highest BCUT2D eigenvalue weighted by Gasteiger charge is 2.50. The lowest BCUT2D eigenvalue weighted by molar-refractivity contribution is -0.185. The number of aliphatic hydroxyl groups excluding tert-OH is 1. The number of aliphatic carboxylic acids is 1. The molecule has 94 valence electrons. The summed E-state index contributed by atoms with van der Waals surface area (Å²) in [5, 5.41) is 17.6. The van der Waals surface area contributed by atoms with Crippen molar-refractivity contribution >= 4 is 5.97 Å². The maximum absolute atomic E-state index is 13.0. The zero-order valence-electron chi connectivity index (χ0n) is 8.90. The third-order valence-electron chi connectivity index (χ3n) is 3.22. The van der Waals surface area contributed by atoms with Gasteiger partial charge in [0.25, 0.3) is 0 Å². The van der Waals surface area contributed by atoms with Gasteiger partial charge in [-0.1, -0.05) is 19.3 Å². The molecule has 1 aliphatic carbocycles. The number of carbonyl (C=O) groups is 1. The molecule has 6 heteroatoms. The number of rotatable bonds is 4. The molecule has 1 aliphatic rings. The third kappa shape index (κ3) is 2.68. The van der Waals surface area contributed by atoms with Gasteiger partial charge in [0.1, 0.15) is 6.10 Å². The molecule has 0 heterocycles. The number of carboxylic acids is 1. The lowest BCUT2D eigenvalue weighted by Gasteiger charge is -2.32. The van der Waals surface area contributed by atoms with E-state index in [0.29, 0.717) is 12.8 Å². The highest BCUT2D eigenvalue weighted by molar-refractivity contribution is 5.76. The monoisotopic (exact) mass is 237 g/mol. The maximum atomic E-state index is 13.0. The average molecular weight is 237 g/mol. The van der Waals surface area contributed by atoms with Crippen molar-refractivity contribution in [3.63, 3.8) is 0 Å². The molecule has 0 aromatic carbocycles. The molecule has 2 atom stereocenters. The highest BCUT2D eigenvalue weighted by Crippen LogP contribution is 2.31. The summed E-state index contributed by atoms with van der Waals surface area (Å²) in [5.74, 6) is -6.71. The Kier molecular flexibility index (Phi) is 4.21. The van der Waals surface area contributed by atoms with E-state index in [2.05, 4.69) is 0 Å². The number of nitrogens with two attached hydrogens (primary N) is 1. The van der Waals surface area contributed by atoms with E-state index < -0.39 is 24.0 Å². The van der Waals surface area contributed by atoms with Crippen LogP contribution in [0.5, 0.6) is 0 Å². The number of hydrogen-bond donors (Lipinski definition) is 3. The first kappa shape index (κ1) is 13.3. The molecule has 16 heavy (non-hydrogen) atoms.